The minimum absolute atomic E-state index is 0.131. The van der Waals surface area contributed by atoms with Gasteiger partial charge in [0.05, 0.1) is 25.3 Å². The number of hydrogen-bond donors (Lipinski definition) is 0. The average Bonchev–Trinajstić information content (AvgIpc) is 2.76. The highest BCUT2D eigenvalue weighted by atomic mass is 35.5. The molecule has 0 saturated heterocycles. The summed E-state index contributed by atoms with van der Waals surface area (Å²) in [6, 6.07) is 5.55. The second-order valence-corrected chi connectivity index (χ2v) is 4.36. The second-order valence-electron chi connectivity index (χ2n) is 3.98. The molecule has 0 fully saturated rings. The summed E-state index contributed by atoms with van der Waals surface area (Å²) in [7, 11) is 2.97. The zero-order valence-electron chi connectivity index (χ0n) is 10.9. The number of carbonyl (C=O) groups is 1. The number of hydrogen-bond acceptors (Lipinski definition) is 4. The zero-order chi connectivity index (χ0) is 13.8. The average molecular weight is 283 g/mol. The molecule has 102 valence electrons. The first-order valence-corrected chi connectivity index (χ1v) is 6.39. The first-order chi connectivity index (χ1) is 9.19. The largest absolute Gasteiger partial charge is 0.497 e. The molecule has 5 nitrogen and oxygen atoms in total. The van der Waals surface area contributed by atoms with E-state index in [4.69, 9.17) is 21.1 Å². The molecule has 19 heavy (non-hydrogen) atoms. The lowest BCUT2D eigenvalue weighted by Crippen LogP contribution is -2.14. The van der Waals surface area contributed by atoms with Crippen molar-refractivity contribution in [2.24, 2.45) is 0 Å². The van der Waals surface area contributed by atoms with Gasteiger partial charge < -0.3 is 14.0 Å². The van der Waals surface area contributed by atoms with Crippen LogP contribution in [0.1, 0.15) is 5.82 Å². The van der Waals surface area contributed by atoms with Crippen molar-refractivity contribution < 1.29 is 14.3 Å². The maximum absolute atomic E-state index is 11.5. The number of benzene rings is 1. The van der Waals surface area contributed by atoms with Gasteiger partial charge in [-0.15, -0.1) is 11.6 Å². The van der Waals surface area contributed by atoms with Crippen LogP contribution in [0.25, 0.3) is 11.0 Å². The Labute approximate surface area is 116 Å². The molecular weight excluding hydrogens is 268 g/mol. The third-order valence-corrected chi connectivity index (χ3v) is 3.06. The molecule has 6 heteroatoms. The van der Waals surface area contributed by atoms with Crippen molar-refractivity contribution in [2.45, 2.75) is 13.0 Å². The Morgan fingerprint density at radius 1 is 1.42 bits per heavy atom. The van der Waals surface area contributed by atoms with Gasteiger partial charge in [-0.05, 0) is 12.1 Å². The van der Waals surface area contributed by atoms with Gasteiger partial charge in [0.15, 0.2) is 0 Å². The Hall–Kier alpha value is -1.75. The summed E-state index contributed by atoms with van der Waals surface area (Å²) in [6.45, 7) is 0.131. The molecule has 2 aromatic rings. The highest BCUT2D eigenvalue weighted by Crippen LogP contribution is 2.22. The number of rotatable bonds is 5. The number of nitrogens with zero attached hydrogens (tertiary/aromatic N) is 2. The molecule has 1 aromatic heterocycles. The minimum Gasteiger partial charge on any atom is -0.497 e. The van der Waals surface area contributed by atoms with E-state index < -0.39 is 0 Å². The molecule has 0 N–H and O–H groups in total. The molecular formula is C13H15ClN2O3. The number of esters is 1. The molecule has 0 radical (unpaired) electrons. The molecule has 0 saturated carbocycles. The summed E-state index contributed by atoms with van der Waals surface area (Å²) in [4.78, 5) is 16.0. The first-order valence-electron chi connectivity index (χ1n) is 5.85. The van der Waals surface area contributed by atoms with E-state index in [1.807, 2.05) is 22.8 Å². The van der Waals surface area contributed by atoms with E-state index in [1.54, 1.807) is 7.11 Å². The Morgan fingerprint density at radius 3 is 2.84 bits per heavy atom. The van der Waals surface area contributed by atoms with Crippen LogP contribution in [0.2, 0.25) is 0 Å². The highest BCUT2D eigenvalue weighted by Gasteiger charge is 2.14. The molecule has 1 heterocycles. The summed E-state index contributed by atoms with van der Waals surface area (Å²) in [5.74, 6) is 1.63. The Balaban J connectivity index is 2.50. The number of imidazole rings is 1. The summed E-state index contributed by atoms with van der Waals surface area (Å²) in [5.41, 5.74) is 1.65. The van der Waals surface area contributed by atoms with Crippen LogP contribution in [0.3, 0.4) is 0 Å². The number of methoxy groups -OCH3 is 2. The first kappa shape index (κ1) is 13.7. The summed E-state index contributed by atoms with van der Waals surface area (Å²) in [5, 5.41) is 0. The second kappa shape index (κ2) is 5.93. The van der Waals surface area contributed by atoms with Gasteiger partial charge in [-0.1, -0.05) is 0 Å². The van der Waals surface area contributed by atoms with E-state index in [9.17, 15) is 4.79 Å². The third kappa shape index (κ3) is 2.81. The number of halogens is 1. The van der Waals surface area contributed by atoms with Crippen molar-refractivity contribution in [3.63, 3.8) is 0 Å². The fourth-order valence-corrected chi connectivity index (χ4v) is 2.10. The summed E-state index contributed by atoms with van der Waals surface area (Å²) >= 11 is 5.77. The number of ether oxygens (including phenoxy) is 2. The van der Waals surface area contributed by atoms with Crippen molar-refractivity contribution in [1.29, 1.82) is 0 Å². The lowest BCUT2D eigenvalue weighted by atomic mass is 10.3. The maximum atomic E-state index is 11.5. The number of fused-ring (bicyclic) bond motifs is 1. The summed E-state index contributed by atoms with van der Waals surface area (Å²) < 4.78 is 11.7. The van der Waals surface area contributed by atoms with Crippen molar-refractivity contribution >= 4 is 28.6 Å². The zero-order valence-corrected chi connectivity index (χ0v) is 11.6. The molecule has 0 aliphatic rings. The van der Waals surface area contributed by atoms with E-state index in [1.165, 1.54) is 7.11 Å². The van der Waals surface area contributed by atoms with Crippen LogP contribution in [0, 0.1) is 0 Å². The van der Waals surface area contributed by atoms with Gasteiger partial charge in [0.2, 0.25) is 0 Å². The molecule has 1 aromatic carbocycles. The molecule has 0 spiro atoms. The van der Waals surface area contributed by atoms with Crippen molar-refractivity contribution in [2.75, 3.05) is 20.1 Å². The van der Waals surface area contributed by atoms with Crippen molar-refractivity contribution in [1.82, 2.24) is 9.55 Å². The fourth-order valence-electron chi connectivity index (χ4n) is 1.93. The fraction of sp³-hybridized carbons (Fsp3) is 0.385. The van der Waals surface area contributed by atoms with E-state index in [-0.39, 0.29) is 12.5 Å². The monoisotopic (exact) mass is 282 g/mol. The van der Waals surface area contributed by atoms with E-state index in [2.05, 4.69) is 4.98 Å². The molecule has 0 aliphatic carbocycles. The van der Waals surface area contributed by atoms with Crippen molar-refractivity contribution in [3.8, 4) is 5.75 Å². The maximum Gasteiger partial charge on any atom is 0.325 e. The van der Waals surface area contributed by atoms with Crippen molar-refractivity contribution in [3.05, 3.63) is 24.0 Å². The lowest BCUT2D eigenvalue weighted by Gasteiger charge is -2.07. The smallest absolute Gasteiger partial charge is 0.325 e. The van der Waals surface area contributed by atoms with Gasteiger partial charge >= 0.3 is 5.97 Å². The molecule has 0 unspecified atom stereocenters. The molecule has 0 bridgehead atoms. The lowest BCUT2D eigenvalue weighted by molar-refractivity contribution is -0.141. The summed E-state index contributed by atoms with van der Waals surface area (Å²) in [6.07, 6.45) is 0.593. The van der Waals surface area contributed by atoms with Crippen LogP contribution < -0.4 is 4.74 Å². The van der Waals surface area contributed by atoms with Crippen LogP contribution in [-0.2, 0) is 22.5 Å². The van der Waals surface area contributed by atoms with E-state index >= 15 is 0 Å². The van der Waals surface area contributed by atoms with Gasteiger partial charge in [0.25, 0.3) is 0 Å². The molecule has 0 amide bonds. The Bertz CT molecular complexity index is 595. The van der Waals surface area contributed by atoms with Gasteiger partial charge in [-0.3, -0.25) is 4.79 Å². The number of alkyl halides is 1. The molecule has 0 aliphatic heterocycles. The number of aryl methyl sites for hydroxylation is 1. The third-order valence-electron chi connectivity index (χ3n) is 2.87. The Morgan fingerprint density at radius 2 is 2.21 bits per heavy atom. The predicted molar refractivity (Wildman–Crippen MR) is 72.7 cm³/mol. The SMILES string of the molecule is COC(=O)Cn1c(CCCl)nc2cc(OC)ccc21. The van der Waals surface area contributed by atoms with Crippen LogP contribution in [-0.4, -0.2) is 35.6 Å². The minimum atomic E-state index is -0.314. The van der Waals surface area contributed by atoms with E-state index in [0.29, 0.717) is 12.3 Å². The highest BCUT2D eigenvalue weighted by molar-refractivity contribution is 6.17. The van der Waals surface area contributed by atoms with Gasteiger partial charge in [0, 0.05) is 18.4 Å². The van der Waals surface area contributed by atoms with Gasteiger partial charge in [0.1, 0.15) is 18.1 Å². The Kier molecular flexibility index (Phi) is 4.27. The predicted octanol–water partition coefficient (Wildman–Crippen LogP) is 2.00. The van der Waals surface area contributed by atoms with E-state index in [0.717, 1.165) is 22.6 Å². The van der Waals surface area contributed by atoms with Crippen LogP contribution >= 0.6 is 11.6 Å². The van der Waals surface area contributed by atoms with Gasteiger partial charge in [-0.2, -0.15) is 0 Å². The van der Waals surface area contributed by atoms with Crippen LogP contribution in [0.4, 0.5) is 0 Å². The molecule has 2 rings (SSSR count). The topological polar surface area (TPSA) is 53.4 Å². The van der Waals surface area contributed by atoms with Crippen LogP contribution in [0.15, 0.2) is 18.2 Å². The number of carbonyl (C=O) groups excluding carboxylic acids is 1. The normalized spacial score (nSPS) is 10.7. The van der Waals surface area contributed by atoms with Crippen LogP contribution in [0.5, 0.6) is 5.75 Å². The number of aromatic nitrogens is 2. The molecule has 0 atom stereocenters. The standard InChI is InChI=1S/C13H15ClN2O3/c1-18-9-3-4-11-10(7-9)15-12(5-6-14)16(11)8-13(17)19-2/h3-4,7H,5-6,8H2,1-2H3. The van der Waals surface area contributed by atoms with Gasteiger partial charge in [-0.25, -0.2) is 4.98 Å². The quantitative estimate of drug-likeness (QED) is 0.622.